The summed E-state index contributed by atoms with van der Waals surface area (Å²) in [6, 6.07) is 7.17. The topological polar surface area (TPSA) is 97.9 Å². The minimum absolute atomic E-state index is 0.0251. The molecule has 2 aromatic heterocycles. The van der Waals surface area contributed by atoms with Crippen LogP contribution in [0.1, 0.15) is 45.6 Å². The van der Waals surface area contributed by atoms with Gasteiger partial charge in [0, 0.05) is 36.2 Å². The lowest BCUT2D eigenvalue weighted by molar-refractivity contribution is -0.137. The number of amides is 1. The summed E-state index contributed by atoms with van der Waals surface area (Å²) < 4.78 is 44.2. The lowest BCUT2D eigenvalue weighted by Gasteiger charge is -2.16. The minimum atomic E-state index is -4.70. The highest BCUT2D eigenvalue weighted by atomic mass is 35.5. The molecule has 0 aliphatic heterocycles. The number of hydrogen-bond donors (Lipinski definition) is 2. The van der Waals surface area contributed by atoms with Gasteiger partial charge in [0.15, 0.2) is 0 Å². The Kier molecular flexibility index (Phi) is 7.89. The number of alkyl halides is 3. The standard InChI is InChI=1S/C26H26ClF3N6O2/c1-15-7-8-18(11-23(15)36-14-22(33-34-36)20-13-31-35(3)16(20)2)25(38)32-19-10-17(6-4-5-9-37)24(27)21(12-19)26(28,29)30/h7-8,10-14,37H,4-6,9H2,1-3H3,(H,32,38). The van der Waals surface area contributed by atoms with Crippen molar-refractivity contribution in [3.63, 3.8) is 0 Å². The van der Waals surface area contributed by atoms with Crippen molar-refractivity contribution in [3.05, 3.63) is 75.7 Å². The summed E-state index contributed by atoms with van der Waals surface area (Å²) in [5.41, 5.74) is 3.18. The monoisotopic (exact) mass is 546 g/mol. The van der Waals surface area contributed by atoms with E-state index in [2.05, 4.69) is 20.7 Å². The highest BCUT2D eigenvalue weighted by molar-refractivity contribution is 6.32. The van der Waals surface area contributed by atoms with E-state index in [1.54, 1.807) is 35.3 Å². The zero-order chi connectivity index (χ0) is 27.6. The molecule has 0 aliphatic carbocycles. The zero-order valence-electron chi connectivity index (χ0n) is 21.0. The number of benzene rings is 2. The number of hydrogen-bond acceptors (Lipinski definition) is 5. The van der Waals surface area contributed by atoms with Crippen molar-refractivity contribution >= 4 is 23.2 Å². The van der Waals surface area contributed by atoms with Crippen molar-refractivity contribution in [2.45, 2.75) is 39.3 Å². The number of nitrogens with zero attached hydrogens (tertiary/aromatic N) is 5. The second-order valence-corrected chi connectivity index (χ2v) is 9.32. The molecule has 4 aromatic rings. The first-order valence-corrected chi connectivity index (χ1v) is 12.2. The Hall–Kier alpha value is -3.70. The van der Waals surface area contributed by atoms with Gasteiger partial charge < -0.3 is 10.4 Å². The smallest absolute Gasteiger partial charge is 0.396 e. The maximum atomic E-state index is 13.6. The van der Waals surface area contributed by atoms with Gasteiger partial charge in [0.25, 0.3) is 5.91 Å². The molecule has 8 nitrogen and oxygen atoms in total. The number of rotatable bonds is 8. The minimum Gasteiger partial charge on any atom is -0.396 e. The van der Waals surface area contributed by atoms with Gasteiger partial charge in [-0.1, -0.05) is 22.9 Å². The SMILES string of the molecule is Cc1ccc(C(=O)Nc2cc(CCCCO)c(Cl)c(C(F)(F)F)c2)cc1-n1cc(-c2cnn(C)c2C)nn1. The molecule has 1 amide bonds. The molecule has 0 fully saturated rings. The maximum absolute atomic E-state index is 13.6. The summed E-state index contributed by atoms with van der Waals surface area (Å²) in [5, 5.41) is 23.8. The van der Waals surface area contributed by atoms with Crippen molar-refractivity contribution in [2.24, 2.45) is 7.05 Å². The Labute approximate surface area is 222 Å². The van der Waals surface area contributed by atoms with Crippen LogP contribution in [0.3, 0.4) is 0 Å². The van der Waals surface area contributed by atoms with Crippen molar-refractivity contribution in [3.8, 4) is 16.9 Å². The van der Waals surface area contributed by atoms with Gasteiger partial charge in [-0.15, -0.1) is 5.10 Å². The first-order valence-electron chi connectivity index (χ1n) is 11.8. The van der Waals surface area contributed by atoms with Crippen molar-refractivity contribution < 1.29 is 23.1 Å². The van der Waals surface area contributed by atoms with Gasteiger partial charge in [-0.2, -0.15) is 18.3 Å². The highest BCUT2D eigenvalue weighted by Gasteiger charge is 2.34. The molecular formula is C26H26ClF3N6O2. The zero-order valence-corrected chi connectivity index (χ0v) is 21.7. The summed E-state index contributed by atoms with van der Waals surface area (Å²) in [4.78, 5) is 13.1. The van der Waals surface area contributed by atoms with Crippen LogP contribution in [-0.2, 0) is 19.6 Å². The first-order chi connectivity index (χ1) is 18.0. The first kappa shape index (κ1) is 27.3. The molecule has 38 heavy (non-hydrogen) atoms. The van der Waals surface area contributed by atoms with Gasteiger partial charge in [0.1, 0.15) is 5.69 Å². The van der Waals surface area contributed by atoms with Crippen LogP contribution < -0.4 is 5.32 Å². The van der Waals surface area contributed by atoms with E-state index in [-0.39, 0.29) is 29.8 Å². The van der Waals surface area contributed by atoms with Gasteiger partial charge in [-0.3, -0.25) is 9.48 Å². The Morgan fingerprint density at radius 1 is 1.16 bits per heavy atom. The molecule has 200 valence electrons. The molecule has 0 bridgehead atoms. The van der Waals surface area contributed by atoms with E-state index in [0.29, 0.717) is 24.2 Å². The average molecular weight is 547 g/mol. The van der Waals surface area contributed by atoms with Crippen LogP contribution >= 0.6 is 11.6 Å². The fourth-order valence-corrected chi connectivity index (χ4v) is 4.34. The van der Waals surface area contributed by atoms with Crippen molar-refractivity contribution in [1.82, 2.24) is 24.8 Å². The quantitative estimate of drug-likeness (QED) is 0.283. The predicted octanol–water partition coefficient (Wildman–Crippen LogP) is 5.52. The Morgan fingerprint density at radius 2 is 1.92 bits per heavy atom. The van der Waals surface area contributed by atoms with Gasteiger partial charge >= 0.3 is 6.18 Å². The average Bonchev–Trinajstić information content (AvgIpc) is 3.47. The molecule has 0 aliphatic rings. The van der Waals surface area contributed by atoms with Crippen molar-refractivity contribution in [2.75, 3.05) is 11.9 Å². The number of aliphatic hydroxyl groups excluding tert-OH is 1. The predicted molar refractivity (Wildman–Crippen MR) is 137 cm³/mol. The molecule has 4 rings (SSSR count). The molecule has 2 aromatic carbocycles. The number of nitrogens with one attached hydrogen (secondary N) is 1. The molecule has 2 N–H and O–H groups in total. The van der Waals surface area contributed by atoms with Crippen molar-refractivity contribution in [1.29, 1.82) is 0 Å². The number of aliphatic hydroxyl groups is 1. The number of carbonyl (C=O) groups excluding carboxylic acids is 1. The summed E-state index contributed by atoms with van der Waals surface area (Å²) >= 11 is 6.05. The third kappa shape index (κ3) is 5.73. The summed E-state index contributed by atoms with van der Waals surface area (Å²) in [6.07, 6.45) is -0.180. The molecule has 0 radical (unpaired) electrons. The summed E-state index contributed by atoms with van der Waals surface area (Å²) in [5.74, 6) is -0.591. The lowest BCUT2D eigenvalue weighted by atomic mass is 10.0. The van der Waals surface area contributed by atoms with E-state index in [1.165, 1.54) is 10.7 Å². The van der Waals surface area contributed by atoms with Gasteiger partial charge in [-0.05, 0) is 68.5 Å². The molecule has 0 saturated heterocycles. The molecular weight excluding hydrogens is 521 g/mol. The van der Waals surface area contributed by atoms with Crippen LogP contribution in [0.5, 0.6) is 0 Å². The van der Waals surface area contributed by atoms with Crippen LogP contribution in [-0.4, -0.2) is 42.4 Å². The van der Waals surface area contributed by atoms with Crippen LogP contribution in [0.2, 0.25) is 5.02 Å². The highest BCUT2D eigenvalue weighted by Crippen LogP contribution is 2.39. The third-order valence-electron chi connectivity index (χ3n) is 6.29. The van der Waals surface area contributed by atoms with E-state index in [0.717, 1.165) is 22.9 Å². The Morgan fingerprint density at radius 3 is 2.58 bits per heavy atom. The molecule has 0 unspecified atom stereocenters. The fraction of sp³-hybridized carbons (Fsp3) is 0.308. The molecule has 12 heteroatoms. The second kappa shape index (κ2) is 11.0. The van der Waals surface area contributed by atoms with Crippen LogP contribution in [0.4, 0.5) is 18.9 Å². The van der Waals surface area contributed by atoms with Gasteiger partial charge in [0.2, 0.25) is 0 Å². The van der Waals surface area contributed by atoms with Gasteiger partial charge in [-0.25, -0.2) is 4.68 Å². The van der Waals surface area contributed by atoms with Crippen LogP contribution in [0.25, 0.3) is 16.9 Å². The summed E-state index contributed by atoms with van der Waals surface area (Å²) in [6.45, 7) is 3.68. The maximum Gasteiger partial charge on any atom is 0.417 e. The fourth-order valence-electron chi connectivity index (χ4n) is 4.03. The molecule has 0 spiro atoms. The Balaban J connectivity index is 1.63. The Bertz CT molecular complexity index is 1480. The number of unbranched alkanes of at least 4 members (excludes halogenated alkanes) is 1. The van der Waals surface area contributed by atoms with E-state index < -0.39 is 22.7 Å². The van der Waals surface area contributed by atoms with E-state index in [4.69, 9.17) is 16.7 Å². The number of halogens is 4. The summed E-state index contributed by atoms with van der Waals surface area (Å²) in [7, 11) is 1.83. The van der Waals surface area contributed by atoms with Crippen LogP contribution in [0, 0.1) is 13.8 Å². The lowest BCUT2D eigenvalue weighted by Crippen LogP contribution is -2.15. The van der Waals surface area contributed by atoms with E-state index in [1.807, 2.05) is 20.9 Å². The van der Waals surface area contributed by atoms with E-state index in [9.17, 15) is 18.0 Å². The second-order valence-electron chi connectivity index (χ2n) is 8.95. The number of aromatic nitrogens is 5. The number of carbonyl (C=O) groups is 1. The van der Waals surface area contributed by atoms with Gasteiger partial charge in [0.05, 0.1) is 28.7 Å². The molecule has 0 atom stereocenters. The van der Waals surface area contributed by atoms with Crippen LogP contribution in [0.15, 0.2) is 42.7 Å². The molecule has 2 heterocycles. The van der Waals surface area contributed by atoms with E-state index >= 15 is 0 Å². The largest absolute Gasteiger partial charge is 0.417 e. The number of anilines is 1. The normalized spacial score (nSPS) is 11.7. The molecule has 0 saturated carbocycles. The number of aryl methyl sites for hydroxylation is 3. The third-order valence-corrected chi connectivity index (χ3v) is 6.73.